The van der Waals surface area contributed by atoms with E-state index in [2.05, 4.69) is 79.8 Å². The van der Waals surface area contributed by atoms with Crippen molar-refractivity contribution in [3.63, 3.8) is 0 Å². The van der Waals surface area contributed by atoms with Gasteiger partial charge in [0.2, 0.25) is 0 Å². The molecule has 0 spiro atoms. The number of hydrogen-bond acceptors (Lipinski definition) is 7. The van der Waals surface area contributed by atoms with Gasteiger partial charge in [-0.2, -0.15) is 5.10 Å². The van der Waals surface area contributed by atoms with Gasteiger partial charge in [-0.15, -0.1) is 0 Å². The SMILES string of the molecule is CNSc1cccc(CN(C)Sc2cccc(COc3ccc(-c4ccn[nH]4)nc3)c2)c1. The van der Waals surface area contributed by atoms with Crippen molar-refractivity contribution in [1.82, 2.24) is 24.2 Å². The number of H-pyrrole nitrogens is 1. The van der Waals surface area contributed by atoms with Gasteiger partial charge in [-0.05, 0) is 91.6 Å². The number of benzene rings is 2. The lowest BCUT2D eigenvalue weighted by Gasteiger charge is -2.16. The van der Waals surface area contributed by atoms with Crippen molar-refractivity contribution in [2.24, 2.45) is 0 Å². The third kappa shape index (κ3) is 6.37. The van der Waals surface area contributed by atoms with Gasteiger partial charge in [-0.1, -0.05) is 24.3 Å². The molecular formula is C24H25N5OS2. The standard InChI is InChI=1S/C24H25N5OS2/c1-25-31-21-7-3-5-18(13-21)16-29(2)32-22-8-4-6-19(14-22)17-30-20-9-10-23(26-15-20)24-11-12-27-28-24/h3-15,25H,16-17H2,1-2H3,(H,27,28). The molecule has 8 heteroatoms. The van der Waals surface area contributed by atoms with E-state index in [1.165, 1.54) is 15.4 Å². The average Bonchev–Trinajstić information content (AvgIpc) is 3.34. The van der Waals surface area contributed by atoms with Crippen LogP contribution in [-0.2, 0) is 13.2 Å². The fraction of sp³-hybridized carbons (Fsp3) is 0.167. The van der Waals surface area contributed by atoms with Crippen molar-refractivity contribution in [2.75, 3.05) is 14.1 Å². The molecule has 0 aliphatic rings. The Kier molecular flexibility index (Phi) is 7.84. The van der Waals surface area contributed by atoms with Crippen LogP contribution in [0.3, 0.4) is 0 Å². The van der Waals surface area contributed by atoms with Gasteiger partial charge >= 0.3 is 0 Å². The first-order valence-electron chi connectivity index (χ1n) is 10.2. The van der Waals surface area contributed by atoms with Crippen molar-refractivity contribution in [3.8, 4) is 17.1 Å². The zero-order valence-electron chi connectivity index (χ0n) is 18.0. The maximum Gasteiger partial charge on any atom is 0.138 e. The van der Waals surface area contributed by atoms with Crippen LogP contribution in [0.2, 0.25) is 0 Å². The van der Waals surface area contributed by atoms with Crippen LogP contribution in [-0.4, -0.2) is 33.6 Å². The summed E-state index contributed by atoms with van der Waals surface area (Å²) in [6.45, 7) is 1.35. The molecule has 2 heterocycles. The molecule has 6 nitrogen and oxygen atoms in total. The van der Waals surface area contributed by atoms with E-state index in [1.807, 2.05) is 25.2 Å². The molecule has 0 unspecified atom stereocenters. The molecule has 2 N–H and O–H groups in total. The highest BCUT2D eigenvalue weighted by molar-refractivity contribution is 7.97. The topological polar surface area (TPSA) is 66.1 Å². The first-order chi connectivity index (χ1) is 15.7. The number of ether oxygens (including phenoxy) is 1. The second-order valence-electron chi connectivity index (χ2n) is 7.12. The summed E-state index contributed by atoms with van der Waals surface area (Å²) in [6, 6.07) is 22.8. The number of rotatable bonds is 10. The lowest BCUT2D eigenvalue weighted by Crippen LogP contribution is -2.08. The quantitative estimate of drug-likeness (QED) is 0.305. The molecule has 0 aliphatic heterocycles. The number of hydrogen-bond donors (Lipinski definition) is 2. The summed E-state index contributed by atoms with van der Waals surface area (Å²) in [5.74, 6) is 0.739. The first-order valence-corrected chi connectivity index (χ1v) is 11.8. The van der Waals surface area contributed by atoms with Crippen LogP contribution < -0.4 is 9.46 Å². The van der Waals surface area contributed by atoms with E-state index >= 15 is 0 Å². The van der Waals surface area contributed by atoms with E-state index in [-0.39, 0.29) is 0 Å². The highest BCUT2D eigenvalue weighted by Crippen LogP contribution is 2.26. The number of pyridine rings is 1. The van der Waals surface area contributed by atoms with Crippen LogP contribution in [0.15, 0.2) is 88.9 Å². The Labute approximate surface area is 197 Å². The summed E-state index contributed by atoms with van der Waals surface area (Å²) in [5.41, 5.74) is 4.13. The summed E-state index contributed by atoms with van der Waals surface area (Å²) in [7, 11) is 4.04. The molecule has 0 saturated carbocycles. The van der Waals surface area contributed by atoms with Crippen molar-refractivity contribution in [2.45, 2.75) is 22.9 Å². The molecule has 0 bridgehead atoms. The first kappa shape index (κ1) is 22.4. The van der Waals surface area contributed by atoms with Crippen LogP contribution in [0, 0.1) is 0 Å². The Morgan fingerprint density at radius 2 is 1.81 bits per heavy atom. The van der Waals surface area contributed by atoms with Gasteiger partial charge in [-0.3, -0.25) is 14.8 Å². The summed E-state index contributed by atoms with van der Waals surface area (Å²) in [5, 5.41) is 6.87. The Morgan fingerprint density at radius 1 is 1.00 bits per heavy atom. The number of aromatic nitrogens is 3. The molecule has 4 rings (SSSR count). The minimum atomic E-state index is 0.493. The minimum Gasteiger partial charge on any atom is -0.487 e. The maximum absolute atomic E-state index is 5.94. The van der Waals surface area contributed by atoms with Gasteiger partial charge in [0, 0.05) is 22.5 Å². The van der Waals surface area contributed by atoms with Crippen molar-refractivity contribution < 1.29 is 4.74 Å². The van der Waals surface area contributed by atoms with Gasteiger partial charge in [0.25, 0.3) is 0 Å². The average molecular weight is 464 g/mol. The molecule has 0 saturated heterocycles. The minimum absolute atomic E-state index is 0.493. The van der Waals surface area contributed by atoms with E-state index in [0.717, 1.165) is 29.2 Å². The Hall–Kier alpha value is -2.78. The summed E-state index contributed by atoms with van der Waals surface area (Å²) in [4.78, 5) is 6.84. The van der Waals surface area contributed by atoms with E-state index in [4.69, 9.17) is 4.74 Å². The second kappa shape index (κ2) is 11.2. The van der Waals surface area contributed by atoms with Crippen LogP contribution in [0.1, 0.15) is 11.1 Å². The second-order valence-corrected chi connectivity index (χ2v) is 9.48. The fourth-order valence-electron chi connectivity index (χ4n) is 3.18. The van der Waals surface area contributed by atoms with Crippen LogP contribution in [0.4, 0.5) is 0 Å². The molecule has 2 aromatic heterocycles. The predicted molar refractivity (Wildman–Crippen MR) is 131 cm³/mol. The lowest BCUT2D eigenvalue weighted by atomic mass is 10.2. The zero-order valence-corrected chi connectivity index (χ0v) is 19.6. The molecule has 0 aliphatic carbocycles. The van der Waals surface area contributed by atoms with Crippen molar-refractivity contribution >= 4 is 23.9 Å². The monoisotopic (exact) mass is 463 g/mol. The van der Waals surface area contributed by atoms with Crippen LogP contribution >= 0.6 is 23.9 Å². The molecule has 0 fully saturated rings. The van der Waals surface area contributed by atoms with Crippen molar-refractivity contribution in [1.29, 1.82) is 0 Å². The Morgan fingerprint density at radius 3 is 2.56 bits per heavy atom. The van der Waals surface area contributed by atoms with Gasteiger partial charge in [-0.25, -0.2) is 4.31 Å². The van der Waals surface area contributed by atoms with Crippen molar-refractivity contribution in [3.05, 3.63) is 90.3 Å². The smallest absolute Gasteiger partial charge is 0.138 e. The Balaban J connectivity index is 1.31. The molecule has 2 aromatic carbocycles. The number of nitrogens with one attached hydrogen (secondary N) is 2. The normalized spacial score (nSPS) is 11.1. The molecule has 164 valence electrons. The van der Waals surface area contributed by atoms with E-state index in [0.29, 0.717) is 6.61 Å². The van der Waals surface area contributed by atoms with Crippen LogP contribution in [0.25, 0.3) is 11.4 Å². The number of aromatic amines is 1. The lowest BCUT2D eigenvalue weighted by molar-refractivity contribution is 0.305. The summed E-state index contributed by atoms with van der Waals surface area (Å²) in [6.07, 6.45) is 3.45. The van der Waals surface area contributed by atoms with Gasteiger partial charge in [0.1, 0.15) is 12.4 Å². The molecule has 4 aromatic rings. The fourth-order valence-corrected chi connectivity index (χ4v) is 4.69. The predicted octanol–water partition coefficient (Wildman–Crippen LogP) is 5.42. The molecule has 0 radical (unpaired) electrons. The van der Waals surface area contributed by atoms with Gasteiger partial charge in [0.05, 0.1) is 17.6 Å². The van der Waals surface area contributed by atoms with E-state index < -0.39 is 0 Å². The Bertz CT molecular complexity index is 1120. The largest absolute Gasteiger partial charge is 0.487 e. The molecule has 0 atom stereocenters. The summed E-state index contributed by atoms with van der Waals surface area (Å²) < 4.78 is 11.3. The van der Waals surface area contributed by atoms with Gasteiger partial charge < -0.3 is 4.74 Å². The molecular weight excluding hydrogens is 438 g/mol. The highest BCUT2D eigenvalue weighted by Gasteiger charge is 2.06. The third-order valence-electron chi connectivity index (χ3n) is 4.60. The van der Waals surface area contributed by atoms with Crippen LogP contribution in [0.5, 0.6) is 5.75 Å². The van der Waals surface area contributed by atoms with E-state index in [1.54, 1.807) is 36.3 Å². The summed E-state index contributed by atoms with van der Waals surface area (Å²) >= 11 is 3.36. The highest BCUT2D eigenvalue weighted by atomic mass is 32.2. The number of nitrogens with zero attached hydrogens (tertiary/aromatic N) is 3. The third-order valence-corrected chi connectivity index (χ3v) is 6.20. The van der Waals surface area contributed by atoms with Gasteiger partial charge in [0.15, 0.2) is 0 Å². The maximum atomic E-state index is 5.94. The molecule has 32 heavy (non-hydrogen) atoms. The molecule has 0 amide bonds. The van der Waals surface area contributed by atoms with E-state index in [9.17, 15) is 0 Å². The zero-order chi connectivity index (χ0) is 22.2.